The Labute approximate surface area is 87.1 Å². The van der Waals surface area contributed by atoms with Crippen molar-refractivity contribution < 1.29 is 13.2 Å². The van der Waals surface area contributed by atoms with Gasteiger partial charge in [-0.3, -0.25) is 0 Å². The molecule has 0 nitrogen and oxygen atoms in total. The van der Waals surface area contributed by atoms with Gasteiger partial charge in [0.25, 0.3) is 0 Å². The maximum Gasteiger partial charge on any atom is 0.426 e. The summed E-state index contributed by atoms with van der Waals surface area (Å²) in [6.45, 7) is 5.94. The van der Waals surface area contributed by atoms with Crippen molar-refractivity contribution in [1.29, 1.82) is 0 Å². The highest BCUT2D eigenvalue weighted by molar-refractivity contribution is 6.30. The van der Waals surface area contributed by atoms with Crippen LogP contribution in [-0.4, -0.2) is 6.18 Å². The van der Waals surface area contributed by atoms with E-state index in [2.05, 4.69) is 0 Å². The summed E-state index contributed by atoms with van der Waals surface area (Å²) >= 11 is 5.18. The molecule has 1 saturated carbocycles. The molecule has 0 aromatic heterocycles. The molecular weight excluding hydrogens is 213 g/mol. The number of allylic oxidation sites excluding steroid dienone is 2. The van der Waals surface area contributed by atoms with Gasteiger partial charge in [0.15, 0.2) is 0 Å². The predicted octanol–water partition coefficient (Wildman–Crippen LogP) is 4.35. The Morgan fingerprint density at radius 2 is 1.93 bits per heavy atom. The van der Waals surface area contributed by atoms with E-state index in [0.717, 1.165) is 12.5 Å². The van der Waals surface area contributed by atoms with Crippen LogP contribution >= 0.6 is 11.6 Å². The van der Waals surface area contributed by atoms with E-state index in [0.29, 0.717) is 5.92 Å². The van der Waals surface area contributed by atoms with Crippen LogP contribution in [0.4, 0.5) is 13.2 Å². The van der Waals surface area contributed by atoms with Gasteiger partial charge in [-0.1, -0.05) is 44.9 Å². The van der Waals surface area contributed by atoms with Crippen molar-refractivity contribution in [1.82, 2.24) is 0 Å². The number of alkyl halides is 3. The first-order chi connectivity index (χ1) is 6.21. The summed E-state index contributed by atoms with van der Waals surface area (Å²) in [6.07, 6.45) is -2.33. The maximum atomic E-state index is 12.1. The van der Waals surface area contributed by atoms with Crippen LogP contribution in [-0.2, 0) is 0 Å². The SMILES string of the molecule is CCC1C(C=C(Cl)C(F)(F)F)C1(C)C. The third-order valence-corrected chi connectivity index (χ3v) is 3.52. The number of hydrogen-bond acceptors (Lipinski definition) is 0. The zero-order chi connectivity index (χ0) is 11.1. The summed E-state index contributed by atoms with van der Waals surface area (Å²) in [5.41, 5.74) is -0.0276. The van der Waals surface area contributed by atoms with E-state index in [1.165, 1.54) is 0 Å². The largest absolute Gasteiger partial charge is 0.426 e. The zero-order valence-electron chi connectivity index (χ0n) is 8.45. The third-order valence-electron chi connectivity index (χ3n) is 3.18. The van der Waals surface area contributed by atoms with Crippen LogP contribution in [0.5, 0.6) is 0 Å². The average molecular weight is 227 g/mol. The van der Waals surface area contributed by atoms with Crippen LogP contribution in [0.3, 0.4) is 0 Å². The summed E-state index contributed by atoms with van der Waals surface area (Å²) in [5.74, 6) is 0.306. The summed E-state index contributed by atoms with van der Waals surface area (Å²) in [7, 11) is 0. The molecule has 14 heavy (non-hydrogen) atoms. The van der Waals surface area contributed by atoms with Crippen LogP contribution in [0.1, 0.15) is 27.2 Å². The second-order valence-corrected chi connectivity index (χ2v) is 4.78. The highest BCUT2D eigenvalue weighted by atomic mass is 35.5. The fraction of sp³-hybridized carbons (Fsp3) is 0.800. The van der Waals surface area contributed by atoms with Crippen molar-refractivity contribution >= 4 is 11.6 Å². The summed E-state index contributed by atoms with van der Waals surface area (Å²) < 4.78 is 36.4. The predicted molar refractivity (Wildman–Crippen MR) is 51.0 cm³/mol. The van der Waals surface area contributed by atoms with E-state index in [1.54, 1.807) is 0 Å². The fourth-order valence-electron chi connectivity index (χ4n) is 2.15. The molecule has 0 aromatic rings. The van der Waals surface area contributed by atoms with Crippen LogP contribution < -0.4 is 0 Å². The molecule has 1 rings (SSSR count). The molecule has 1 aliphatic rings. The van der Waals surface area contributed by atoms with Crippen molar-refractivity contribution in [2.24, 2.45) is 17.3 Å². The molecule has 0 saturated heterocycles. The smallest absolute Gasteiger partial charge is 0.165 e. The molecule has 0 bridgehead atoms. The van der Waals surface area contributed by atoms with Gasteiger partial charge in [-0.15, -0.1) is 0 Å². The van der Waals surface area contributed by atoms with Crippen molar-refractivity contribution in [3.05, 3.63) is 11.1 Å². The molecule has 4 heteroatoms. The molecule has 0 heterocycles. The number of hydrogen-bond donors (Lipinski definition) is 0. The van der Waals surface area contributed by atoms with E-state index < -0.39 is 11.2 Å². The molecule has 1 fully saturated rings. The van der Waals surface area contributed by atoms with E-state index in [1.807, 2.05) is 20.8 Å². The first-order valence-electron chi connectivity index (χ1n) is 4.65. The lowest BCUT2D eigenvalue weighted by molar-refractivity contribution is -0.0848. The lowest BCUT2D eigenvalue weighted by Crippen LogP contribution is -2.07. The first-order valence-corrected chi connectivity index (χ1v) is 5.03. The van der Waals surface area contributed by atoms with E-state index in [4.69, 9.17) is 11.6 Å². The third kappa shape index (κ3) is 2.08. The van der Waals surface area contributed by atoms with Gasteiger partial charge < -0.3 is 0 Å². The Morgan fingerprint density at radius 1 is 1.43 bits per heavy atom. The molecule has 2 atom stereocenters. The minimum atomic E-state index is -4.39. The number of rotatable bonds is 2. The van der Waals surface area contributed by atoms with Gasteiger partial charge in [-0.25, -0.2) is 0 Å². The monoisotopic (exact) mass is 226 g/mol. The van der Waals surface area contributed by atoms with Gasteiger partial charge in [0.2, 0.25) is 0 Å². The summed E-state index contributed by atoms with van der Waals surface area (Å²) in [6, 6.07) is 0. The average Bonchev–Trinajstić information content (AvgIpc) is 2.51. The molecule has 0 amide bonds. The second kappa shape index (κ2) is 3.44. The van der Waals surface area contributed by atoms with Crippen LogP contribution in [0.15, 0.2) is 11.1 Å². The Morgan fingerprint density at radius 3 is 2.21 bits per heavy atom. The molecule has 0 aromatic carbocycles. The lowest BCUT2D eigenvalue weighted by atomic mass is 10.1. The fourth-order valence-corrected chi connectivity index (χ4v) is 2.29. The Hall–Kier alpha value is -0.180. The zero-order valence-corrected chi connectivity index (χ0v) is 9.21. The van der Waals surface area contributed by atoms with Crippen molar-refractivity contribution in [2.45, 2.75) is 33.4 Å². The Kier molecular flexibility index (Phi) is 2.92. The standard InChI is InChI=1S/C10H14ClF3/c1-4-6-7(9(6,2)3)5-8(11)10(12,13)14/h5-7H,4H2,1-3H3. The molecule has 0 aliphatic heterocycles. The van der Waals surface area contributed by atoms with E-state index in [-0.39, 0.29) is 11.3 Å². The maximum absolute atomic E-state index is 12.1. The quantitative estimate of drug-likeness (QED) is 0.657. The molecule has 0 radical (unpaired) electrons. The normalized spacial score (nSPS) is 31.8. The Bertz CT molecular complexity index is 253. The van der Waals surface area contributed by atoms with Crippen LogP contribution in [0.2, 0.25) is 0 Å². The second-order valence-electron chi connectivity index (χ2n) is 4.37. The molecule has 2 unspecified atom stereocenters. The highest BCUT2D eigenvalue weighted by Gasteiger charge is 2.55. The summed E-state index contributed by atoms with van der Waals surface area (Å²) in [5, 5.41) is -0.980. The molecule has 0 spiro atoms. The van der Waals surface area contributed by atoms with E-state index in [9.17, 15) is 13.2 Å². The van der Waals surface area contributed by atoms with Gasteiger partial charge in [0.05, 0.1) is 0 Å². The first kappa shape index (κ1) is 11.9. The molecule has 0 N–H and O–H groups in total. The van der Waals surface area contributed by atoms with Crippen LogP contribution in [0, 0.1) is 17.3 Å². The topological polar surface area (TPSA) is 0 Å². The minimum absolute atomic E-state index is 0.0263. The Balaban J connectivity index is 2.72. The van der Waals surface area contributed by atoms with Crippen molar-refractivity contribution in [2.75, 3.05) is 0 Å². The minimum Gasteiger partial charge on any atom is -0.165 e. The summed E-state index contributed by atoms with van der Waals surface area (Å²) in [4.78, 5) is 0. The number of halogens is 4. The van der Waals surface area contributed by atoms with Gasteiger partial charge in [-0.05, 0) is 17.3 Å². The van der Waals surface area contributed by atoms with Gasteiger partial charge in [0.1, 0.15) is 5.03 Å². The highest BCUT2D eigenvalue weighted by Crippen LogP contribution is 2.61. The van der Waals surface area contributed by atoms with Crippen LogP contribution in [0.25, 0.3) is 0 Å². The van der Waals surface area contributed by atoms with Gasteiger partial charge >= 0.3 is 6.18 Å². The van der Waals surface area contributed by atoms with Crippen molar-refractivity contribution in [3.8, 4) is 0 Å². The lowest BCUT2D eigenvalue weighted by Gasteiger charge is -2.04. The van der Waals surface area contributed by atoms with Gasteiger partial charge in [-0.2, -0.15) is 13.2 Å². The molecular formula is C10H14ClF3. The van der Waals surface area contributed by atoms with E-state index >= 15 is 0 Å². The molecule has 82 valence electrons. The van der Waals surface area contributed by atoms with Gasteiger partial charge in [0, 0.05) is 0 Å². The van der Waals surface area contributed by atoms with Crippen molar-refractivity contribution in [3.63, 3.8) is 0 Å². The molecule has 1 aliphatic carbocycles.